The topological polar surface area (TPSA) is 83.3 Å². The highest BCUT2D eigenvalue weighted by Crippen LogP contribution is 2.36. The highest BCUT2D eigenvalue weighted by molar-refractivity contribution is 8.00. The first-order valence-electron chi connectivity index (χ1n) is 10.2. The maximum absolute atomic E-state index is 13.0. The molecule has 0 saturated carbocycles. The Morgan fingerprint density at radius 1 is 1.13 bits per heavy atom. The van der Waals surface area contributed by atoms with Crippen LogP contribution in [0.15, 0.2) is 35.4 Å². The van der Waals surface area contributed by atoms with Crippen LogP contribution in [0.2, 0.25) is 0 Å². The molecule has 1 saturated heterocycles. The highest BCUT2D eigenvalue weighted by Gasteiger charge is 2.40. The van der Waals surface area contributed by atoms with Crippen LogP contribution in [0.1, 0.15) is 48.9 Å². The van der Waals surface area contributed by atoms with Crippen LogP contribution >= 0.6 is 11.8 Å². The molecule has 1 unspecified atom stereocenters. The second-order valence-corrected chi connectivity index (χ2v) is 8.74. The van der Waals surface area contributed by atoms with Gasteiger partial charge in [-0.25, -0.2) is 9.88 Å². The number of rotatable bonds is 4. The maximum Gasteiger partial charge on any atom is 0.247 e. The van der Waals surface area contributed by atoms with E-state index in [2.05, 4.69) is 6.07 Å². The summed E-state index contributed by atoms with van der Waals surface area (Å²) in [5.41, 5.74) is 3.19. The van der Waals surface area contributed by atoms with E-state index in [0.29, 0.717) is 22.0 Å². The number of nitriles is 1. The number of carbonyl (C=O) groups excluding carboxylic acids is 2. The molecular formula is C23H23N3O3S. The van der Waals surface area contributed by atoms with E-state index in [1.165, 1.54) is 29.5 Å². The lowest BCUT2D eigenvalue weighted by molar-refractivity contribution is -0.121. The number of carbonyl (C=O) groups is 2. The summed E-state index contributed by atoms with van der Waals surface area (Å²) in [4.78, 5) is 31.6. The SMILES string of the molecule is COc1ccc(N2C(=O)CC(Sc3nc4c(cc3C#N)CCCCCC4)C2=O)cc1. The van der Waals surface area contributed by atoms with E-state index in [-0.39, 0.29) is 18.2 Å². The summed E-state index contributed by atoms with van der Waals surface area (Å²) in [6, 6.07) is 11.0. The Hall–Kier alpha value is -2.85. The van der Waals surface area contributed by atoms with E-state index in [4.69, 9.17) is 9.72 Å². The molecule has 2 heterocycles. The van der Waals surface area contributed by atoms with Crippen LogP contribution < -0.4 is 9.64 Å². The van der Waals surface area contributed by atoms with Crippen molar-refractivity contribution in [1.82, 2.24) is 4.98 Å². The van der Waals surface area contributed by atoms with Gasteiger partial charge >= 0.3 is 0 Å². The molecule has 7 heteroatoms. The molecule has 30 heavy (non-hydrogen) atoms. The lowest BCUT2D eigenvalue weighted by atomic mass is 9.96. The number of aromatic nitrogens is 1. The van der Waals surface area contributed by atoms with Gasteiger partial charge in [0.15, 0.2) is 0 Å². The van der Waals surface area contributed by atoms with Crippen LogP contribution in [0, 0.1) is 11.3 Å². The van der Waals surface area contributed by atoms with E-state index >= 15 is 0 Å². The number of ether oxygens (including phenoxy) is 1. The molecule has 1 aromatic carbocycles. The zero-order valence-corrected chi connectivity index (χ0v) is 17.7. The molecule has 1 aromatic heterocycles. The molecule has 0 N–H and O–H groups in total. The van der Waals surface area contributed by atoms with Gasteiger partial charge in [0.2, 0.25) is 11.8 Å². The molecule has 0 spiro atoms. The van der Waals surface area contributed by atoms with Gasteiger partial charge < -0.3 is 4.74 Å². The number of aryl methyl sites for hydroxylation is 2. The Kier molecular flexibility index (Phi) is 6.05. The molecule has 0 radical (unpaired) electrons. The summed E-state index contributed by atoms with van der Waals surface area (Å²) in [7, 11) is 1.57. The second kappa shape index (κ2) is 8.88. The van der Waals surface area contributed by atoms with Crippen LogP contribution in [0.5, 0.6) is 5.75 Å². The van der Waals surface area contributed by atoms with Crippen molar-refractivity contribution >= 4 is 29.3 Å². The molecule has 1 fully saturated rings. The average molecular weight is 422 g/mol. The van der Waals surface area contributed by atoms with Gasteiger partial charge in [0.05, 0.1) is 23.6 Å². The third-order valence-corrected chi connectivity index (χ3v) is 6.76. The van der Waals surface area contributed by atoms with Crippen LogP contribution in [-0.2, 0) is 22.4 Å². The van der Waals surface area contributed by atoms with E-state index < -0.39 is 5.25 Å². The number of hydrogen-bond acceptors (Lipinski definition) is 6. The summed E-state index contributed by atoms with van der Waals surface area (Å²) in [5.74, 6) is 0.146. The summed E-state index contributed by atoms with van der Waals surface area (Å²) in [6.07, 6.45) is 6.52. The molecular weight excluding hydrogens is 398 g/mol. The standard InChI is InChI=1S/C23H23N3O3S/c1-29-18-10-8-17(9-11-18)26-21(27)13-20(23(26)28)30-22-16(14-24)12-15-6-4-2-3-5-7-19(15)25-22/h8-12,20H,2-7,13H2,1H3. The molecule has 1 atom stereocenters. The van der Waals surface area contributed by atoms with Gasteiger partial charge in [-0.3, -0.25) is 9.59 Å². The fourth-order valence-electron chi connectivity index (χ4n) is 3.97. The number of nitrogens with zero attached hydrogens (tertiary/aromatic N) is 3. The number of benzene rings is 1. The van der Waals surface area contributed by atoms with E-state index in [0.717, 1.165) is 36.9 Å². The number of pyridine rings is 1. The smallest absolute Gasteiger partial charge is 0.247 e. The number of anilines is 1. The minimum atomic E-state index is -0.578. The monoisotopic (exact) mass is 421 g/mol. The number of hydrogen-bond donors (Lipinski definition) is 0. The number of fused-ring (bicyclic) bond motifs is 1. The minimum absolute atomic E-state index is 0.0964. The van der Waals surface area contributed by atoms with E-state index in [1.807, 2.05) is 6.07 Å². The quantitative estimate of drug-likeness (QED) is 0.693. The third-order valence-electron chi connectivity index (χ3n) is 5.58. The first-order valence-corrected chi connectivity index (χ1v) is 11.1. The predicted molar refractivity (Wildman–Crippen MR) is 115 cm³/mol. The van der Waals surface area contributed by atoms with Crippen LogP contribution in [0.3, 0.4) is 0 Å². The number of amides is 2. The molecule has 1 aliphatic carbocycles. The number of methoxy groups -OCH3 is 1. The van der Waals surface area contributed by atoms with Gasteiger partial charge in [0, 0.05) is 12.1 Å². The molecule has 0 bridgehead atoms. The molecule has 2 aromatic rings. The predicted octanol–water partition coefficient (Wildman–Crippen LogP) is 4.05. The van der Waals surface area contributed by atoms with Gasteiger partial charge in [-0.2, -0.15) is 5.26 Å². The van der Waals surface area contributed by atoms with Crippen molar-refractivity contribution in [3.05, 3.63) is 47.2 Å². The van der Waals surface area contributed by atoms with Crippen molar-refractivity contribution in [3.63, 3.8) is 0 Å². The largest absolute Gasteiger partial charge is 0.497 e. The zero-order chi connectivity index (χ0) is 21.1. The summed E-state index contributed by atoms with van der Waals surface area (Å²) < 4.78 is 5.14. The van der Waals surface area contributed by atoms with Crippen LogP contribution in [-0.4, -0.2) is 29.2 Å². The zero-order valence-electron chi connectivity index (χ0n) is 16.9. The Morgan fingerprint density at radius 3 is 2.57 bits per heavy atom. The van der Waals surface area contributed by atoms with E-state index in [1.54, 1.807) is 31.4 Å². The molecule has 2 aliphatic rings. The lowest BCUT2D eigenvalue weighted by Gasteiger charge is -2.17. The van der Waals surface area contributed by atoms with E-state index in [9.17, 15) is 14.9 Å². The number of imide groups is 1. The van der Waals surface area contributed by atoms with Gasteiger partial charge in [-0.15, -0.1) is 0 Å². The molecule has 154 valence electrons. The van der Waals surface area contributed by atoms with Crippen molar-refractivity contribution in [2.45, 2.75) is 55.2 Å². The Balaban J connectivity index is 1.58. The van der Waals surface area contributed by atoms with Gasteiger partial charge in [-0.1, -0.05) is 24.6 Å². The minimum Gasteiger partial charge on any atom is -0.497 e. The second-order valence-electron chi connectivity index (χ2n) is 7.55. The van der Waals surface area contributed by atoms with Crippen LogP contribution in [0.25, 0.3) is 0 Å². The number of thioether (sulfide) groups is 1. The third kappa shape index (κ3) is 4.05. The first kappa shape index (κ1) is 20.4. The Bertz CT molecular complexity index is 1010. The lowest BCUT2D eigenvalue weighted by Crippen LogP contribution is -2.31. The fraction of sp³-hybridized carbons (Fsp3) is 0.391. The summed E-state index contributed by atoms with van der Waals surface area (Å²) >= 11 is 1.23. The highest BCUT2D eigenvalue weighted by atomic mass is 32.2. The van der Waals surface area contributed by atoms with Gasteiger partial charge in [0.1, 0.15) is 16.8 Å². The fourth-order valence-corrected chi connectivity index (χ4v) is 5.07. The van der Waals surface area contributed by atoms with Crippen molar-refractivity contribution in [3.8, 4) is 11.8 Å². The molecule has 2 amide bonds. The maximum atomic E-state index is 13.0. The van der Waals surface area contributed by atoms with Crippen molar-refractivity contribution in [2.24, 2.45) is 0 Å². The van der Waals surface area contributed by atoms with Gasteiger partial charge in [0.25, 0.3) is 0 Å². The van der Waals surface area contributed by atoms with Gasteiger partial charge in [-0.05, 0) is 61.6 Å². The first-order chi connectivity index (χ1) is 14.6. The summed E-state index contributed by atoms with van der Waals surface area (Å²) in [6.45, 7) is 0. The Morgan fingerprint density at radius 2 is 1.87 bits per heavy atom. The Labute approximate surface area is 180 Å². The molecule has 6 nitrogen and oxygen atoms in total. The normalized spacial score (nSPS) is 19.1. The summed E-state index contributed by atoms with van der Waals surface area (Å²) in [5, 5.41) is 9.62. The molecule has 1 aliphatic heterocycles. The molecule has 4 rings (SSSR count). The average Bonchev–Trinajstić information content (AvgIpc) is 3.02. The van der Waals surface area contributed by atoms with Crippen molar-refractivity contribution < 1.29 is 14.3 Å². The van der Waals surface area contributed by atoms with Crippen molar-refractivity contribution in [2.75, 3.05) is 12.0 Å². The van der Waals surface area contributed by atoms with Crippen molar-refractivity contribution in [1.29, 1.82) is 5.26 Å². The van der Waals surface area contributed by atoms with Crippen LogP contribution in [0.4, 0.5) is 5.69 Å².